The van der Waals surface area contributed by atoms with Gasteiger partial charge in [0.1, 0.15) is 0 Å². The predicted octanol–water partition coefficient (Wildman–Crippen LogP) is 2.06. The van der Waals surface area contributed by atoms with Crippen LogP contribution in [0.4, 0.5) is 0 Å². The first-order valence-corrected chi connectivity index (χ1v) is 6.27. The number of hydrogen-bond acceptors (Lipinski definition) is 2. The molecule has 2 aliphatic rings. The number of piperazine rings is 1. The molecule has 0 radical (unpaired) electrons. The molecule has 2 rings (SSSR count). The van der Waals surface area contributed by atoms with Gasteiger partial charge in [-0.1, -0.05) is 22.5 Å². The minimum absolute atomic E-state index is 0.679. The van der Waals surface area contributed by atoms with Crippen LogP contribution in [0.3, 0.4) is 0 Å². The standard InChI is InChI=1S/C11H19BrN2/c1-9(12)6-14-8-11-4-3-5-13(11)7-10(14)2/h10-11H,1,3-8H2,2H3. The highest BCUT2D eigenvalue weighted by atomic mass is 79.9. The van der Waals surface area contributed by atoms with Crippen LogP contribution in [0.15, 0.2) is 11.1 Å². The fourth-order valence-electron chi connectivity index (χ4n) is 2.69. The highest BCUT2D eigenvalue weighted by Gasteiger charge is 2.33. The highest BCUT2D eigenvalue weighted by Crippen LogP contribution is 2.25. The third-order valence-corrected chi connectivity index (χ3v) is 3.69. The van der Waals surface area contributed by atoms with Crippen LogP contribution in [0.1, 0.15) is 19.8 Å². The molecular weight excluding hydrogens is 240 g/mol. The number of rotatable bonds is 2. The van der Waals surface area contributed by atoms with Gasteiger partial charge in [0.05, 0.1) is 0 Å². The molecule has 0 N–H and O–H groups in total. The Morgan fingerprint density at radius 2 is 2.29 bits per heavy atom. The third-order valence-electron chi connectivity index (χ3n) is 3.44. The van der Waals surface area contributed by atoms with E-state index in [1.165, 1.54) is 32.5 Å². The lowest BCUT2D eigenvalue weighted by atomic mass is 10.1. The Labute approximate surface area is 95.1 Å². The second kappa shape index (κ2) is 4.33. The van der Waals surface area contributed by atoms with Crippen LogP contribution in [-0.4, -0.2) is 48.1 Å². The summed E-state index contributed by atoms with van der Waals surface area (Å²) < 4.78 is 1.11. The molecule has 0 spiro atoms. The Morgan fingerprint density at radius 3 is 3.00 bits per heavy atom. The minimum atomic E-state index is 0.679. The van der Waals surface area contributed by atoms with Gasteiger partial charge in [-0.05, 0) is 26.3 Å². The van der Waals surface area contributed by atoms with E-state index >= 15 is 0 Å². The Bertz CT molecular complexity index is 229. The van der Waals surface area contributed by atoms with E-state index in [4.69, 9.17) is 0 Å². The van der Waals surface area contributed by atoms with E-state index in [0.29, 0.717) is 6.04 Å². The molecule has 2 aliphatic heterocycles. The lowest BCUT2D eigenvalue weighted by molar-refractivity contribution is 0.0681. The maximum Gasteiger partial charge on any atom is 0.0297 e. The van der Waals surface area contributed by atoms with E-state index in [9.17, 15) is 0 Å². The van der Waals surface area contributed by atoms with Gasteiger partial charge in [0.2, 0.25) is 0 Å². The van der Waals surface area contributed by atoms with Gasteiger partial charge in [-0.3, -0.25) is 9.80 Å². The predicted molar refractivity (Wildman–Crippen MR) is 63.7 cm³/mol. The number of nitrogens with zero attached hydrogens (tertiary/aromatic N) is 2. The molecule has 2 nitrogen and oxygen atoms in total. The van der Waals surface area contributed by atoms with Crippen molar-refractivity contribution in [2.75, 3.05) is 26.2 Å². The Morgan fingerprint density at radius 1 is 1.50 bits per heavy atom. The van der Waals surface area contributed by atoms with Gasteiger partial charge in [-0.15, -0.1) is 0 Å². The van der Waals surface area contributed by atoms with E-state index in [2.05, 4.69) is 39.2 Å². The van der Waals surface area contributed by atoms with Gasteiger partial charge in [-0.2, -0.15) is 0 Å². The van der Waals surface area contributed by atoms with Crippen LogP contribution >= 0.6 is 15.9 Å². The van der Waals surface area contributed by atoms with Crippen molar-refractivity contribution < 1.29 is 0 Å². The molecule has 80 valence electrons. The normalized spacial score (nSPS) is 34.4. The summed E-state index contributed by atoms with van der Waals surface area (Å²) >= 11 is 3.46. The molecule has 0 amide bonds. The van der Waals surface area contributed by atoms with Gasteiger partial charge in [0, 0.05) is 36.2 Å². The zero-order valence-corrected chi connectivity index (χ0v) is 10.5. The largest absolute Gasteiger partial charge is 0.298 e. The van der Waals surface area contributed by atoms with Crippen molar-refractivity contribution in [1.82, 2.24) is 9.80 Å². The van der Waals surface area contributed by atoms with Crippen molar-refractivity contribution in [3.63, 3.8) is 0 Å². The van der Waals surface area contributed by atoms with E-state index in [0.717, 1.165) is 17.1 Å². The fraction of sp³-hybridized carbons (Fsp3) is 0.818. The van der Waals surface area contributed by atoms with Crippen molar-refractivity contribution in [1.29, 1.82) is 0 Å². The topological polar surface area (TPSA) is 6.48 Å². The molecule has 3 heteroatoms. The maximum absolute atomic E-state index is 3.93. The molecule has 2 heterocycles. The third kappa shape index (κ3) is 2.20. The molecule has 2 saturated heterocycles. The van der Waals surface area contributed by atoms with E-state index in [-0.39, 0.29) is 0 Å². The molecule has 2 fully saturated rings. The summed E-state index contributed by atoms with van der Waals surface area (Å²) in [5.74, 6) is 0. The van der Waals surface area contributed by atoms with Crippen LogP contribution in [0.2, 0.25) is 0 Å². The van der Waals surface area contributed by atoms with Crippen LogP contribution in [0, 0.1) is 0 Å². The van der Waals surface area contributed by atoms with Crippen LogP contribution in [0.25, 0.3) is 0 Å². The van der Waals surface area contributed by atoms with Gasteiger partial charge in [0.25, 0.3) is 0 Å². The van der Waals surface area contributed by atoms with E-state index < -0.39 is 0 Å². The van der Waals surface area contributed by atoms with Gasteiger partial charge in [0.15, 0.2) is 0 Å². The van der Waals surface area contributed by atoms with Crippen LogP contribution in [-0.2, 0) is 0 Å². The Kier molecular flexibility index (Phi) is 3.30. The lowest BCUT2D eigenvalue weighted by Gasteiger charge is -2.42. The van der Waals surface area contributed by atoms with Crippen molar-refractivity contribution in [3.8, 4) is 0 Å². The molecule has 0 aromatic heterocycles. The summed E-state index contributed by atoms with van der Waals surface area (Å²) in [6.07, 6.45) is 2.78. The quantitative estimate of drug-likeness (QED) is 0.749. The second-order valence-corrected chi connectivity index (χ2v) is 5.71. The summed E-state index contributed by atoms with van der Waals surface area (Å²) in [6, 6.07) is 1.50. The first-order chi connectivity index (χ1) is 6.66. The number of hydrogen-bond donors (Lipinski definition) is 0. The first kappa shape index (κ1) is 10.7. The average Bonchev–Trinajstić information content (AvgIpc) is 2.51. The number of fused-ring (bicyclic) bond motifs is 1. The molecule has 0 aromatic rings. The van der Waals surface area contributed by atoms with Gasteiger partial charge < -0.3 is 0 Å². The van der Waals surface area contributed by atoms with Crippen molar-refractivity contribution in [3.05, 3.63) is 11.1 Å². The minimum Gasteiger partial charge on any atom is -0.298 e. The molecule has 2 atom stereocenters. The van der Waals surface area contributed by atoms with E-state index in [1.54, 1.807) is 0 Å². The zero-order valence-electron chi connectivity index (χ0n) is 8.88. The van der Waals surface area contributed by atoms with Crippen molar-refractivity contribution in [2.24, 2.45) is 0 Å². The summed E-state index contributed by atoms with van der Waals surface area (Å²) in [5, 5.41) is 0. The number of halogens is 1. The van der Waals surface area contributed by atoms with Crippen LogP contribution in [0.5, 0.6) is 0 Å². The van der Waals surface area contributed by atoms with E-state index in [1.807, 2.05) is 0 Å². The molecule has 0 aromatic carbocycles. The van der Waals surface area contributed by atoms with Gasteiger partial charge in [-0.25, -0.2) is 0 Å². The molecule has 0 saturated carbocycles. The molecule has 0 aliphatic carbocycles. The monoisotopic (exact) mass is 258 g/mol. The average molecular weight is 259 g/mol. The zero-order chi connectivity index (χ0) is 10.1. The molecular formula is C11H19BrN2. The molecule has 14 heavy (non-hydrogen) atoms. The second-order valence-electron chi connectivity index (χ2n) is 4.59. The van der Waals surface area contributed by atoms with Gasteiger partial charge >= 0.3 is 0 Å². The summed E-state index contributed by atoms with van der Waals surface area (Å²) in [4.78, 5) is 5.20. The molecule has 2 unspecified atom stereocenters. The highest BCUT2D eigenvalue weighted by molar-refractivity contribution is 9.11. The first-order valence-electron chi connectivity index (χ1n) is 5.48. The molecule has 0 bridgehead atoms. The Balaban J connectivity index is 1.95. The van der Waals surface area contributed by atoms with Crippen LogP contribution < -0.4 is 0 Å². The summed E-state index contributed by atoms with van der Waals surface area (Å²) in [7, 11) is 0. The van der Waals surface area contributed by atoms with Crippen molar-refractivity contribution in [2.45, 2.75) is 31.8 Å². The SMILES string of the molecule is C=C(Br)CN1CC2CCCN2CC1C. The summed E-state index contributed by atoms with van der Waals surface area (Å²) in [5.41, 5.74) is 0. The fourth-order valence-corrected chi connectivity index (χ4v) is 3.01. The maximum atomic E-state index is 3.93. The lowest BCUT2D eigenvalue weighted by Crippen LogP contribution is -2.55. The Hall–Kier alpha value is 0.140. The smallest absolute Gasteiger partial charge is 0.0297 e. The summed E-state index contributed by atoms with van der Waals surface area (Å²) in [6.45, 7) is 11.0. The van der Waals surface area contributed by atoms with Crippen molar-refractivity contribution >= 4 is 15.9 Å².